The maximum atomic E-state index is 5.60. The Kier molecular flexibility index (Phi) is 5.41. The first kappa shape index (κ1) is 19.4. The number of hydrogen-bond acceptors (Lipinski definition) is 7. The van der Waals surface area contributed by atoms with Crippen molar-refractivity contribution in [1.82, 2.24) is 9.97 Å². The van der Waals surface area contributed by atoms with Crippen LogP contribution in [0.15, 0.2) is 79.0 Å². The number of methoxy groups -OCH3 is 1. The third kappa shape index (κ3) is 4.18. The molecule has 2 aromatic heterocycles. The Hall–Kier alpha value is -3.58. The minimum Gasteiger partial charge on any atom is -0.497 e. The molecule has 0 fully saturated rings. The summed E-state index contributed by atoms with van der Waals surface area (Å²) in [6.07, 6.45) is 3.30. The zero-order valence-corrected chi connectivity index (χ0v) is 17.8. The van der Waals surface area contributed by atoms with Crippen LogP contribution in [0.2, 0.25) is 0 Å². The van der Waals surface area contributed by atoms with Crippen molar-refractivity contribution in [2.75, 3.05) is 25.3 Å². The van der Waals surface area contributed by atoms with Gasteiger partial charge < -0.3 is 19.1 Å². The average molecular weight is 432 g/mol. The molecule has 1 aliphatic heterocycles. The molecule has 0 radical (unpaired) electrons. The van der Waals surface area contributed by atoms with E-state index in [-0.39, 0.29) is 6.79 Å². The van der Waals surface area contributed by atoms with Crippen molar-refractivity contribution in [3.8, 4) is 16.2 Å². The van der Waals surface area contributed by atoms with Gasteiger partial charge in [0.25, 0.3) is 0 Å². The van der Waals surface area contributed by atoms with E-state index in [1.807, 2.05) is 36.4 Å². The first-order valence-corrected chi connectivity index (χ1v) is 10.7. The van der Waals surface area contributed by atoms with Gasteiger partial charge in [0.05, 0.1) is 23.9 Å². The Morgan fingerprint density at radius 3 is 2.74 bits per heavy atom. The zero-order valence-electron chi connectivity index (χ0n) is 17.0. The van der Waals surface area contributed by atoms with Gasteiger partial charge in [-0.2, -0.15) is 0 Å². The van der Waals surface area contributed by atoms with Gasteiger partial charge in [-0.05, 0) is 29.3 Å². The van der Waals surface area contributed by atoms with Crippen molar-refractivity contribution in [1.29, 1.82) is 0 Å². The fourth-order valence-corrected chi connectivity index (χ4v) is 4.66. The number of ether oxygens (including phenoxy) is 3. The van der Waals surface area contributed by atoms with Crippen LogP contribution in [0.1, 0.15) is 5.56 Å². The lowest BCUT2D eigenvalue weighted by atomic mass is 10.2. The molecule has 4 aromatic rings. The highest BCUT2D eigenvalue weighted by Crippen LogP contribution is 2.38. The standard InChI is InChI=1S/C24H21N3O3S/c1-28-19-9-5-8-18(10-19)22-11-21-23(31-22)24(26-15-25-21)27(13-20-14-29-16-30-20)12-17-6-3-2-4-7-17/h2-11,14-15H,12-13,16H2,1H3. The minimum atomic E-state index is 0.257. The van der Waals surface area contributed by atoms with E-state index in [1.54, 1.807) is 31.0 Å². The molecule has 0 unspecified atom stereocenters. The van der Waals surface area contributed by atoms with Crippen LogP contribution in [-0.4, -0.2) is 30.4 Å². The van der Waals surface area contributed by atoms with E-state index in [0.29, 0.717) is 13.1 Å². The van der Waals surface area contributed by atoms with Crippen molar-refractivity contribution in [3.05, 3.63) is 84.6 Å². The summed E-state index contributed by atoms with van der Waals surface area (Å²) in [5.74, 6) is 2.49. The Bertz CT molecular complexity index is 1220. The van der Waals surface area contributed by atoms with Gasteiger partial charge in [0.15, 0.2) is 11.6 Å². The Morgan fingerprint density at radius 1 is 1.03 bits per heavy atom. The van der Waals surface area contributed by atoms with Crippen LogP contribution in [0, 0.1) is 0 Å². The summed E-state index contributed by atoms with van der Waals surface area (Å²) in [5.41, 5.74) is 3.21. The molecule has 0 bridgehead atoms. The second-order valence-electron chi connectivity index (χ2n) is 7.11. The predicted molar refractivity (Wildman–Crippen MR) is 122 cm³/mol. The van der Waals surface area contributed by atoms with E-state index >= 15 is 0 Å². The number of aromatic nitrogens is 2. The number of nitrogens with zero attached hydrogens (tertiary/aromatic N) is 3. The highest BCUT2D eigenvalue weighted by atomic mass is 32.1. The van der Waals surface area contributed by atoms with Crippen molar-refractivity contribution in [2.24, 2.45) is 0 Å². The minimum absolute atomic E-state index is 0.257. The topological polar surface area (TPSA) is 56.7 Å². The lowest BCUT2D eigenvalue weighted by Gasteiger charge is -2.24. The second-order valence-corrected chi connectivity index (χ2v) is 8.16. The lowest BCUT2D eigenvalue weighted by Crippen LogP contribution is -2.26. The maximum absolute atomic E-state index is 5.60. The van der Waals surface area contributed by atoms with Gasteiger partial charge >= 0.3 is 0 Å². The molecule has 5 rings (SSSR count). The number of rotatable bonds is 7. The quantitative estimate of drug-likeness (QED) is 0.400. The number of hydrogen-bond donors (Lipinski definition) is 0. The van der Waals surface area contributed by atoms with Crippen LogP contribution < -0.4 is 9.64 Å². The van der Waals surface area contributed by atoms with Crippen LogP contribution in [0.5, 0.6) is 5.75 Å². The molecule has 0 N–H and O–H groups in total. The van der Waals surface area contributed by atoms with Crippen LogP contribution >= 0.6 is 11.3 Å². The van der Waals surface area contributed by atoms with Gasteiger partial charge in [0, 0.05) is 11.4 Å². The van der Waals surface area contributed by atoms with Crippen LogP contribution in [-0.2, 0) is 16.0 Å². The number of anilines is 1. The first-order chi connectivity index (χ1) is 15.3. The number of thiophene rings is 1. The fraction of sp³-hybridized carbons (Fsp3) is 0.167. The van der Waals surface area contributed by atoms with E-state index in [1.165, 1.54) is 5.56 Å². The molecule has 3 heterocycles. The van der Waals surface area contributed by atoms with Crippen molar-refractivity contribution < 1.29 is 14.2 Å². The summed E-state index contributed by atoms with van der Waals surface area (Å²) < 4.78 is 17.3. The van der Waals surface area contributed by atoms with Crippen LogP contribution in [0.25, 0.3) is 20.7 Å². The van der Waals surface area contributed by atoms with Gasteiger partial charge in [0.2, 0.25) is 6.79 Å². The second kappa shape index (κ2) is 8.65. The molecule has 0 saturated carbocycles. The van der Waals surface area contributed by atoms with Crippen molar-refractivity contribution >= 4 is 27.4 Å². The zero-order chi connectivity index (χ0) is 21.0. The molecule has 0 aliphatic carbocycles. The van der Waals surface area contributed by atoms with Crippen molar-refractivity contribution in [3.63, 3.8) is 0 Å². The summed E-state index contributed by atoms with van der Waals surface area (Å²) in [4.78, 5) is 12.5. The third-order valence-electron chi connectivity index (χ3n) is 5.04. The van der Waals surface area contributed by atoms with E-state index in [0.717, 1.165) is 38.0 Å². The Labute approximate surface area is 184 Å². The molecular weight excluding hydrogens is 410 g/mol. The molecule has 0 saturated heterocycles. The molecular formula is C24H21N3O3S. The van der Waals surface area contributed by atoms with Gasteiger partial charge in [0.1, 0.15) is 18.3 Å². The Morgan fingerprint density at radius 2 is 1.94 bits per heavy atom. The van der Waals surface area contributed by atoms with E-state index in [2.05, 4.69) is 39.1 Å². The number of fused-ring (bicyclic) bond motifs is 1. The first-order valence-electron chi connectivity index (χ1n) is 9.91. The van der Waals surface area contributed by atoms with Crippen LogP contribution in [0.3, 0.4) is 0 Å². The third-order valence-corrected chi connectivity index (χ3v) is 6.21. The molecule has 6 nitrogen and oxygen atoms in total. The monoisotopic (exact) mass is 431 g/mol. The fourth-order valence-electron chi connectivity index (χ4n) is 3.54. The number of benzene rings is 2. The average Bonchev–Trinajstić information content (AvgIpc) is 3.49. The summed E-state index contributed by atoms with van der Waals surface area (Å²) in [6, 6.07) is 20.5. The summed E-state index contributed by atoms with van der Waals surface area (Å²) in [7, 11) is 1.68. The Balaban J connectivity index is 1.55. The summed E-state index contributed by atoms with van der Waals surface area (Å²) in [5, 5.41) is 0. The van der Waals surface area contributed by atoms with E-state index < -0.39 is 0 Å². The SMILES string of the molecule is COc1cccc(-c2cc3ncnc(N(CC4=COCO4)Cc4ccccc4)c3s2)c1. The summed E-state index contributed by atoms with van der Waals surface area (Å²) >= 11 is 1.68. The molecule has 0 amide bonds. The van der Waals surface area contributed by atoms with Crippen LogP contribution in [0.4, 0.5) is 5.82 Å². The maximum Gasteiger partial charge on any atom is 0.229 e. The van der Waals surface area contributed by atoms with Gasteiger partial charge in [-0.3, -0.25) is 0 Å². The molecule has 0 atom stereocenters. The predicted octanol–water partition coefficient (Wildman–Crippen LogP) is 5.22. The molecule has 1 aliphatic rings. The van der Waals surface area contributed by atoms with Crippen molar-refractivity contribution in [2.45, 2.75) is 6.54 Å². The molecule has 156 valence electrons. The normalized spacial score (nSPS) is 12.9. The van der Waals surface area contributed by atoms with E-state index in [9.17, 15) is 0 Å². The van der Waals surface area contributed by atoms with Gasteiger partial charge in [-0.15, -0.1) is 11.3 Å². The smallest absolute Gasteiger partial charge is 0.229 e. The van der Waals surface area contributed by atoms with Gasteiger partial charge in [-0.25, -0.2) is 9.97 Å². The van der Waals surface area contributed by atoms with Gasteiger partial charge in [-0.1, -0.05) is 42.5 Å². The molecule has 31 heavy (non-hydrogen) atoms. The largest absolute Gasteiger partial charge is 0.497 e. The lowest BCUT2D eigenvalue weighted by molar-refractivity contribution is 0.0797. The summed E-state index contributed by atoms with van der Waals surface area (Å²) in [6.45, 7) is 1.51. The molecule has 0 spiro atoms. The van der Waals surface area contributed by atoms with E-state index in [4.69, 9.17) is 14.2 Å². The highest BCUT2D eigenvalue weighted by Gasteiger charge is 2.20. The molecule has 2 aromatic carbocycles. The highest BCUT2D eigenvalue weighted by molar-refractivity contribution is 7.22. The molecule has 7 heteroatoms.